The topological polar surface area (TPSA) is 78.9 Å². The molecule has 2 N–H and O–H groups in total. The molecular formula is C15H17F3N2O4. The Kier molecular flexibility index (Phi) is 4.63. The number of nitrogens with zero attached hydrogens (tertiary/aromatic N) is 1. The van der Waals surface area contributed by atoms with Gasteiger partial charge in [-0.15, -0.1) is 0 Å². The number of aliphatic carboxylic acids is 1. The van der Waals surface area contributed by atoms with Gasteiger partial charge in [0.05, 0.1) is 23.8 Å². The molecule has 2 amide bonds. The summed E-state index contributed by atoms with van der Waals surface area (Å²) in [5.41, 5.74) is -2.53. The van der Waals surface area contributed by atoms with Gasteiger partial charge in [0.15, 0.2) is 0 Å². The SMILES string of the molecule is COc1ccc(NC(=O)N2CCC(C)(C(=O)O)C2)c(C(F)(F)F)c1. The molecule has 0 radical (unpaired) electrons. The molecule has 1 atom stereocenters. The third-order valence-electron chi connectivity index (χ3n) is 4.05. The number of halogens is 3. The van der Waals surface area contributed by atoms with Crippen LogP contribution in [0.2, 0.25) is 0 Å². The van der Waals surface area contributed by atoms with Gasteiger partial charge in [-0.3, -0.25) is 4.79 Å². The van der Waals surface area contributed by atoms with E-state index in [9.17, 15) is 22.8 Å². The minimum atomic E-state index is -4.67. The Hall–Kier alpha value is -2.45. The Morgan fingerprint density at radius 2 is 2.04 bits per heavy atom. The molecule has 0 saturated carbocycles. The Balaban J connectivity index is 2.20. The van der Waals surface area contributed by atoms with Crippen molar-refractivity contribution in [1.29, 1.82) is 0 Å². The van der Waals surface area contributed by atoms with E-state index in [1.54, 1.807) is 0 Å². The largest absolute Gasteiger partial charge is 0.497 e. The summed E-state index contributed by atoms with van der Waals surface area (Å²) >= 11 is 0. The van der Waals surface area contributed by atoms with E-state index in [1.165, 1.54) is 25.0 Å². The first kappa shape index (κ1) is 17.9. The second-order valence-corrected chi connectivity index (χ2v) is 5.88. The molecule has 0 spiro atoms. The summed E-state index contributed by atoms with van der Waals surface area (Å²) in [5, 5.41) is 11.4. The zero-order chi connectivity index (χ0) is 18.1. The second-order valence-electron chi connectivity index (χ2n) is 5.88. The maximum Gasteiger partial charge on any atom is 0.418 e. The molecular weight excluding hydrogens is 329 g/mol. The van der Waals surface area contributed by atoms with Crippen molar-refractivity contribution in [2.45, 2.75) is 19.5 Å². The number of nitrogens with one attached hydrogen (secondary N) is 1. The summed E-state index contributed by atoms with van der Waals surface area (Å²) < 4.78 is 44.1. The van der Waals surface area contributed by atoms with Crippen LogP contribution in [-0.2, 0) is 11.0 Å². The molecule has 6 nitrogen and oxygen atoms in total. The van der Waals surface area contributed by atoms with E-state index in [1.807, 2.05) is 0 Å². The minimum absolute atomic E-state index is 0.0138. The Morgan fingerprint density at radius 3 is 2.54 bits per heavy atom. The van der Waals surface area contributed by atoms with Gasteiger partial charge >= 0.3 is 18.2 Å². The number of carboxylic acids is 1. The number of carbonyl (C=O) groups excluding carboxylic acids is 1. The van der Waals surface area contributed by atoms with E-state index in [0.29, 0.717) is 0 Å². The molecule has 1 aliphatic rings. The second kappa shape index (κ2) is 6.21. The lowest BCUT2D eigenvalue weighted by Gasteiger charge is -2.22. The van der Waals surface area contributed by atoms with Crippen LogP contribution in [0.1, 0.15) is 18.9 Å². The number of benzene rings is 1. The number of carboxylic acid groups (broad SMARTS) is 1. The van der Waals surface area contributed by atoms with E-state index < -0.39 is 34.8 Å². The van der Waals surface area contributed by atoms with Gasteiger partial charge in [-0.05, 0) is 31.5 Å². The Labute approximate surface area is 136 Å². The third-order valence-corrected chi connectivity index (χ3v) is 4.05. The normalized spacial score (nSPS) is 20.8. The lowest BCUT2D eigenvalue weighted by Crippen LogP contribution is -2.37. The van der Waals surface area contributed by atoms with E-state index in [2.05, 4.69) is 5.32 Å². The van der Waals surface area contributed by atoms with Crippen molar-refractivity contribution in [2.75, 3.05) is 25.5 Å². The fraction of sp³-hybridized carbons (Fsp3) is 0.467. The molecule has 132 valence electrons. The van der Waals surface area contributed by atoms with E-state index in [0.717, 1.165) is 12.1 Å². The number of carbonyl (C=O) groups is 2. The molecule has 1 unspecified atom stereocenters. The van der Waals surface area contributed by atoms with Crippen molar-refractivity contribution in [1.82, 2.24) is 4.90 Å². The number of amides is 2. The van der Waals surface area contributed by atoms with E-state index in [-0.39, 0.29) is 25.3 Å². The summed E-state index contributed by atoms with van der Waals surface area (Å²) in [4.78, 5) is 24.6. The summed E-state index contributed by atoms with van der Waals surface area (Å²) in [5.74, 6) is -1.03. The fourth-order valence-corrected chi connectivity index (χ4v) is 2.50. The van der Waals surface area contributed by atoms with Gasteiger partial charge in [0.25, 0.3) is 0 Å². The lowest BCUT2D eigenvalue weighted by atomic mass is 9.90. The molecule has 9 heteroatoms. The summed E-state index contributed by atoms with van der Waals surface area (Å²) in [6, 6.07) is 2.43. The summed E-state index contributed by atoms with van der Waals surface area (Å²) in [7, 11) is 1.24. The molecule has 1 heterocycles. The predicted molar refractivity (Wildman–Crippen MR) is 78.9 cm³/mol. The maximum absolute atomic E-state index is 13.1. The van der Waals surface area contributed by atoms with Crippen LogP contribution in [-0.4, -0.2) is 42.2 Å². The number of ether oxygens (including phenoxy) is 1. The lowest BCUT2D eigenvalue weighted by molar-refractivity contribution is -0.147. The van der Waals surface area contributed by atoms with Crippen LogP contribution in [0.15, 0.2) is 18.2 Å². The Bertz CT molecular complexity index is 663. The van der Waals surface area contributed by atoms with Gasteiger partial charge in [-0.25, -0.2) is 4.79 Å². The monoisotopic (exact) mass is 346 g/mol. The minimum Gasteiger partial charge on any atom is -0.497 e. The number of anilines is 1. The van der Waals surface area contributed by atoms with Crippen LogP contribution < -0.4 is 10.1 Å². The van der Waals surface area contributed by atoms with Crippen molar-refractivity contribution >= 4 is 17.7 Å². The van der Waals surface area contributed by atoms with Gasteiger partial charge in [-0.2, -0.15) is 13.2 Å². The van der Waals surface area contributed by atoms with E-state index >= 15 is 0 Å². The molecule has 1 aromatic rings. The molecule has 24 heavy (non-hydrogen) atoms. The van der Waals surface area contributed by atoms with Gasteiger partial charge < -0.3 is 20.1 Å². The molecule has 1 aromatic carbocycles. The molecule has 1 aliphatic heterocycles. The van der Waals surface area contributed by atoms with Crippen LogP contribution >= 0.6 is 0 Å². The number of methoxy groups -OCH3 is 1. The van der Waals surface area contributed by atoms with Crippen molar-refractivity contribution in [3.8, 4) is 5.75 Å². The van der Waals surface area contributed by atoms with Crippen molar-refractivity contribution in [3.05, 3.63) is 23.8 Å². The average Bonchev–Trinajstić information content (AvgIpc) is 2.90. The third kappa shape index (κ3) is 3.55. The van der Waals surface area contributed by atoms with Crippen LogP contribution in [0.25, 0.3) is 0 Å². The summed E-state index contributed by atoms with van der Waals surface area (Å²) in [6.45, 7) is 1.59. The number of hydrogen-bond donors (Lipinski definition) is 2. The summed E-state index contributed by atoms with van der Waals surface area (Å²) in [6.07, 6.45) is -4.43. The zero-order valence-electron chi connectivity index (χ0n) is 13.1. The highest BCUT2D eigenvalue weighted by Crippen LogP contribution is 2.37. The smallest absolute Gasteiger partial charge is 0.418 e. The van der Waals surface area contributed by atoms with Gasteiger partial charge in [0, 0.05) is 13.1 Å². The average molecular weight is 346 g/mol. The first-order chi connectivity index (χ1) is 11.1. The number of likely N-dealkylation sites (tertiary alicyclic amines) is 1. The highest BCUT2D eigenvalue weighted by molar-refractivity contribution is 5.91. The maximum atomic E-state index is 13.1. The first-order valence-electron chi connectivity index (χ1n) is 7.11. The molecule has 1 saturated heterocycles. The number of hydrogen-bond acceptors (Lipinski definition) is 3. The molecule has 2 rings (SSSR count). The van der Waals surface area contributed by atoms with Crippen LogP contribution in [0, 0.1) is 5.41 Å². The molecule has 0 bridgehead atoms. The van der Waals surface area contributed by atoms with Crippen LogP contribution in [0.3, 0.4) is 0 Å². The quantitative estimate of drug-likeness (QED) is 0.882. The zero-order valence-corrected chi connectivity index (χ0v) is 13.1. The van der Waals surface area contributed by atoms with Gasteiger partial charge in [0.1, 0.15) is 5.75 Å². The predicted octanol–water partition coefficient (Wildman–Crippen LogP) is 3.04. The highest BCUT2D eigenvalue weighted by Gasteiger charge is 2.42. The first-order valence-corrected chi connectivity index (χ1v) is 7.11. The van der Waals surface area contributed by atoms with Crippen molar-refractivity contribution in [2.24, 2.45) is 5.41 Å². The van der Waals surface area contributed by atoms with E-state index in [4.69, 9.17) is 9.84 Å². The molecule has 0 aliphatic carbocycles. The van der Waals surface area contributed by atoms with Crippen molar-refractivity contribution < 1.29 is 32.6 Å². The fourth-order valence-electron chi connectivity index (χ4n) is 2.50. The standard InChI is InChI=1S/C15H17F3N2O4/c1-14(12(21)22)5-6-20(8-14)13(23)19-11-4-3-9(24-2)7-10(11)15(16,17)18/h3-4,7H,5-6,8H2,1-2H3,(H,19,23)(H,21,22). The van der Waals surface area contributed by atoms with Crippen molar-refractivity contribution in [3.63, 3.8) is 0 Å². The van der Waals surface area contributed by atoms with Crippen LogP contribution in [0.4, 0.5) is 23.7 Å². The van der Waals surface area contributed by atoms with Gasteiger partial charge in [0.2, 0.25) is 0 Å². The molecule has 1 fully saturated rings. The number of urea groups is 1. The number of rotatable bonds is 3. The Morgan fingerprint density at radius 1 is 1.38 bits per heavy atom. The number of alkyl halides is 3. The van der Waals surface area contributed by atoms with Crippen LogP contribution in [0.5, 0.6) is 5.75 Å². The molecule has 0 aromatic heterocycles. The highest BCUT2D eigenvalue weighted by atomic mass is 19.4. The van der Waals surface area contributed by atoms with Gasteiger partial charge in [-0.1, -0.05) is 0 Å².